The predicted octanol–water partition coefficient (Wildman–Crippen LogP) is 2.48. The van der Waals surface area contributed by atoms with Crippen LogP contribution in [-0.4, -0.2) is 36.2 Å². The van der Waals surface area contributed by atoms with Gasteiger partial charge in [0.25, 0.3) is 0 Å². The van der Waals surface area contributed by atoms with Crippen molar-refractivity contribution < 1.29 is 4.52 Å². The SMILES string of the molecule is Cc1ccc(-c2cc(CN(C)C3CNC3)on2)cc1.Cl. The first-order valence-electron chi connectivity index (χ1n) is 6.66. The van der Waals surface area contributed by atoms with E-state index in [-0.39, 0.29) is 12.4 Å². The maximum absolute atomic E-state index is 5.43. The van der Waals surface area contributed by atoms with Crippen molar-refractivity contribution in [3.05, 3.63) is 41.7 Å². The van der Waals surface area contributed by atoms with Gasteiger partial charge < -0.3 is 9.84 Å². The summed E-state index contributed by atoms with van der Waals surface area (Å²) in [4.78, 5) is 2.30. The third-order valence-corrected chi connectivity index (χ3v) is 3.69. The van der Waals surface area contributed by atoms with Gasteiger partial charge in [-0.15, -0.1) is 12.4 Å². The van der Waals surface area contributed by atoms with Crippen LogP contribution in [-0.2, 0) is 6.54 Å². The molecule has 1 aliphatic heterocycles. The van der Waals surface area contributed by atoms with E-state index < -0.39 is 0 Å². The van der Waals surface area contributed by atoms with Crippen molar-refractivity contribution >= 4 is 12.4 Å². The number of nitrogens with zero attached hydrogens (tertiary/aromatic N) is 2. The molecular formula is C15H20ClN3O. The molecule has 3 rings (SSSR count). The molecule has 2 heterocycles. The summed E-state index contributed by atoms with van der Waals surface area (Å²) in [6, 6.07) is 11.0. The summed E-state index contributed by atoms with van der Waals surface area (Å²) < 4.78 is 5.43. The molecule has 5 heteroatoms. The van der Waals surface area contributed by atoms with Crippen LogP contribution in [0.25, 0.3) is 11.3 Å². The molecule has 0 amide bonds. The summed E-state index contributed by atoms with van der Waals surface area (Å²) >= 11 is 0. The van der Waals surface area contributed by atoms with Gasteiger partial charge >= 0.3 is 0 Å². The molecule has 1 saturated heterocycles. The molecule has 1 N–H and O–H groups in total. The lowest BCUT2D eigenvalue weighted by atomic mass is 10.1. The number of aromatic nitrogens is 1. The molecule has 0 aliphatic carbocycles. The van der Waals surface area contributed by atoms with Gasteiger partial charge in [0.05, 0.1) is 6.54 Å². The minimum Gasteiger partial charge on any atom is -0.359 e. The van der Waals surface area contributed by atoms with Gasteiger partial charge in [-0.3, -0.25) is 4.90 Å². The summed E-state index contributed by atoms with van der Waals surface area (Å²) in [5, 5.41) is 7.43. The van der Waals surface area contributed by atoms with Crippen LogP contribution in [0, 0.1) is 6.92 Å². The first-order chi connectivity index (χ1) is 9.22. The van der Waals surface area contributed by atoms with Crippen molar-refractivity contribution in [1.82, 2.24) is 15.4 Å². The Hall–Kier alpha value is -1.36. The van der Waals surface area contributed by atoms with Crippen LogP contribution < -0.4 is 5.32 Å². The van der Waals surface area contributed by atoms with Gasteiger partial charge in [0.1, 0.15) is 5.69 Å². The summed E-state index contributed by atoms with van der Waals surface area (Å²) in [7, 11) is 2.12. The van der Waals surface area contributed by atoms with Crippen LogP contribution in [0.2, 0.25) is 0 Å². The molecule has 1 aromatic heterocycles. The molecule has 0 radical (unpaired) electrons. The number of likely N-dealkylation sites (N-methyl/N-ethyl adjacent to an activating group) is 1. The van der Waals surface area contributed by atoms with Crippen LogP contribution in [0.3, 0.4) is 0 Å². The quantitative estimate of drug-likeness (QED) is 0.940. The number of aryl methyl sites for hydroxylation is 1. The third kappa shape index (κ3) is 3.20. The minimum absolute atomic E-state index is 0. The van der Waals surface area contributed by atoms with Crippen molar-refractivity contribution in [1.29, 1.82) is 0 Å². The topological polar surface area (TPSA) is 41.3 Å². The Labute approximate surface area is 125 Å². The molecule has 0 atom stereocenters. The number of nitrogens with one attached hydrogen (secondary N) is 1. The fourth-order valence-electron chi connectivity index (χ4n) is 2.21. The average Bonchev–Trinajstić information content (AvgIpc) is 2.76. The Morgan fingerprint density at radius 3 is 2.60 bits per heavy atom. The van der Waals surface area contributed by atoms with Gasteiger partial charge in [0.15, 0.2) is 5.76 Å². The van der Waals surface area contributed by atoms with E-state index >= 15 is 0 Å². The molecule has 1 aromatic carbocycles. The Morgan fingerprint density at radius 2 is 2.00 bits per heavy atom. The van der Waals surface area contributed by atoms with Gasteiger partial charge in [0, 0.05) is 30.8 Å². The number of rotatable bonds is 4. The van der Waals surface area contributed by atoms with Gasteiger partial charge in [0.2, 0.25) is 0 Å². The molecular weight excluding hydrogens is 274 g/mol. The van der Waals surface area contributed by atoms with E-state index in [4.69, 9.17) is 4.52 Å². The van der Waals surface area contributed by atoms with Gasteiger partial charge in [-0.2, -0.15) is 0 Å². The lowest BCUT2D eigenvalue weighted by Gasteiger charge is -2.34. The monoisotopic (exact) mass is 293 g/mol. The second-order valence-electron chi connectivity index (χ2n) is 5.27. The highest BCUT2D eigenvalue weighted by atomic mass is 35.5. The number of halogens is 1. The first kappa shape index (κ1) is 15.0. The van der Waals surface area contributed by atoms with E-state index in [0.29, 0.717) is 6.04 Å². The molecule has 1 aliphatic rings. The molecule has 108 valence electrons. The molecule has 0 bridgehead atoms. The lowest BCUT2D eigenvalue weighted by molar-refractivity contribution is 0.157. The van der Waals surface area contributed by atoms with E-state index in [2.05, 4.69) is 53.6 Å². The van der Waals surface area contributed by atoms with Crippen LogP contribution in [0.5, 0.6) is 0 Å². The summed E-state index contributed by atoms with van der Waals surface area (Å²) in [6.45, 7) is 5.02. The predicted molar refractivity (Wildman–Crippen MR) is 82.0 cm³/mol. The maximum Gasteiger partial charge on any atom is 0.151 e. The second-order valence-corrected chi connectivity index (χ2v) is 5.27. The molecule has 0 spiro atoms. The normalized spacial score (nSPS) is 14.9. The molecule has 0 saturated carbocycles. The van der Waals surface area contributed by atoms with Gasteiger partial charge in [-0.05, 0) is 14.0 Å². The van der Waals surface area contributed by atoms with Crippen molar-refractivity contribution in [2.75, 3.05) is 20.1 Å². The first-order valence-corrected chi connectivity index (χ1v) is 6.66. The number of benzene rings is 1. The lowest BCUT2D eigenvalue weighted by Crippen LogP contribution is -2.55. The molecule has 1 fully saturated rings. The average molecular weight is 294 g/mol. The van der Waals surface area contributed by atoms with Gasteiger partial charge in [-0.1, -0.05) is 35.0 Å². The van der Waals surface area contributed by atoms with E-state index in [1.54, 1.807) is 0 Å². The van der Waals surface area contributed by atoms with Crippen LogP contribution in [0.15, 0.2) is 34.9 Å². The fraction of sp³-hybridized carbons (Fsp3) is 0.400. The zero-order valence-corrected chi connectivity index (χ0v) is 12.6. The highest BCUT2D eigenvalue weighted by molar-refractivity contribution is 5.85. The smallest absolute Gasteiger partial charge is 0.151 e. The Morgan fingerprint density at radius 1 is 1.30 bits per heavy atom. The highest BCUT2D eigenvalue weighted by Crippen LogP contribution is 2.20. The third-order valence-electron chi connectivity index (χ3n) is 3.69. The van der Waals surface area contributed by atoms with Crippen LogP contribution >= 0.6 is 12.4 Å². The Bertz CT molecular complexity index is 549. The van der Waals surface area contributed by atoms with Crippen molar-refractivity contribution in [2.45, 2.75) is 19.5 Å². The van der Waals surface area contributed by atoms with Crippen LogP contribution in [0.4, 0.5) is 0 Å². The summed E-state index contributed by atoms with van der Waals surface area (Å²) in [5.41, 5.74) is 3.27. The van der Waals surface area contributed by atoms with E-state index in [0.717, 1.165) is 36.7 Å². The van der Waals surface area contributed by atoms with Crippen molar-refractivity contribution in [3.63, 3.8) is 0 Å². The summed E-state index contributed by atoms with van der Waals surface area (Å²) in [6.07, 6.45) is 0. The van der Waals surface area contributed by atoms with Crippen molar-refractivity contribution in [2.24, 2.45) is 0 Å². The minimum atomic E-state index is 0. The fourth-order valence-corrected chi connectivity index (χ4v) is 2.21. The van der Waals surface area contributed by atoms with E-state index in [1.165, 1.54) is 5.56 Å². The number of hydrogen-bond donors (Lipinski definition) is 1. The Kier molecular flexibility index (Phi) is 4.81. The standard InChI is InChI=1S/C15H19N3O.ClH/c1-11-3-5-12(6-4-11)15-7-14(19-17-15)10-18(2)13-8-16-9-13;/h3-7,13,16H,8-10H2,1-2H3;1H. The largest absolute Gasteiger partial charge is 0.359 e. The molecule has 20 heavy (non-hydrogen) atoms. The second kappa shape index (κ2) is 6.39. The highest BCUT2D eigenvalue weighted by Gasteiger charge is 2.22. The molecule has 4 nitrogen and oxygen atoms in total. The van der Waals surface area contributed by atoms with Crippen molar-refractivity contribution in [3.8, 4) is 11.3 Å². The number of hydrogen-bond acceptors (Lipinski definition) is 4. The molecule has 2 aromatic rings. The van der Waals surface area contributed by atoms with Gasteiger partial charge in [-0.25, -0.2) is 0 Å². The van der Waals surface area contributed by atoms with E-state index in [1.807, 2.05) is 6.07 Å². The zero-order chi connectivity index (χ0) is 13.2. The molecule has 0 unspecified atom stereocenters. The Balaban J connectivity index is 0.00000147. The van der Waals surface area contributed by atoms with E-state index in [9.17, 15) is 0 Å². The summed E-state index contributed by atoms with van der Waals surface area (Å²) in [5.74, 6) is 0.921. The van der Waals surface area contributed by atoms with Crippen LogP contribution in [0.1, 0.15) is 11.3 Å². The zero-order valence-electron chi connectivity index (χ0n) is 11.8. The maximum atomic E-state index is 5.43.